The van der Waals surface area contributed by atoms with Crippen molar-refractivity contribution in [2.45, 2.75) is 20.1 Å². The standard InChI is InChI=1S/C25H18N14O12S2/c1-34-24(28-30-32-34)52-20-6-14(15(36(43)44)7-17(20)38(47)48)22(40)27-13-4-11(23(41)42)3-12(5-13)26-10-51-19-9-21(53-25-29-31-33-35(25)2)18(39(49)50)8-16(19)37(45)46/h3-9,26H,10H2,1-2H3,(H,27,40)(H,41,42). The zero-order chi connectivity index (χ0) is 38.6. The number of carboxylic acids is 1. The van der Waals surface area contributed by atoms with E-state index in [1.165, 1.54) is 29.5 Å². The maximum absolute atomic E-state index is 13.4. The van der Waals surface area contributed by atoms with Gasteiger partial charge < -0.3 is 20.5 Å². The summed E-state index contributed by atoms with van der Waals surface area (Å²) in [6.07, 6.45) is 0. The first-order chi connectivity index (χ1) is 25.1. The van der Waals surface area contributed by atoms with Crippen molar-refractivity contribution in [2.75, 3.05) is 17.4 Å². The summed E-state index contributed by atoms with van der Waals surface area (Å²) in [7, 11) is 2.90. The van der Waals surface area contributed by atoms with Crippen molar-refractivity contribution in [1.29, 1.82) is 0 Å². The molecule has 0 bridgehead atoms. The average molecular weight is 771 g/mol. The molecular weight excluding hydrogens is 752 g/mol. The molecule has 0 atom stereocenters. The topological polar surface area (TPSA) is 347 Å². The fraction of sp³-hybridized carbons (Fsp3) is 0.120. The number of rotatable bonds is 15. The van der Waals surface area contributed by atoms with Crippen LogP contribution >= 0.6 is 23.5 Å². The molecule has 2 aromatic heterocycles. The van der Waals surface area contributed by atoms with Gasteiger partial charge in [-0.2, -0.15) is 0 Å². The zero-order valence-corrected chi connectivity index (χ0v) is 28.0. The monoisotopic (exact) mass is 770 g/mol. The van der Waals surface area contributed by atoms with Crippen LogP contribution < -0.4 is 15.4 Å². The number of carboxylic acid groups (broad SMARTS) is 1. The molecule has 0 aliphatic rings. The van der Waals surface area contributed by atoms with Gasteiger partial charge in [-0.25, -0.2) is 14.2 Å². The smallest absolute Gasteiger partial charge is 0.335 e. The van der Waals surface area contributed by atoms with E-state index >= 15 is 0 Å². The molecule has 1 amide bonds. The van der Waals surface area contributed by atoms with Crippen LogP contribution in [0.15, 0.2) is 62.6 Å². The number of nitrogens with one attached hydrogen (secondary N) is 2. The molecule has 272 valence electrons. The molecule has 2 heterocycles. The molecule has 0 saturated carbocycles. The fourth-order valence-electron chi connectivity index (χ4n) is 4.27. The van der Waals surface area contributed by atoms with Crippen molar-refractivity contribution in [1.82, 2.24) is 40.4 Å². The van der Waals surface area contributed by atoms with E-state index in [0.29, 0.717) is 23.9 Å². The summed E-state index contributed by atoms with van der Waals surface area (Å²) in [4.78, 5) is 68.5. The van der Waals surface area contributed by atoms with E-state index < -0.39 is 77.9 Å². The summed E-state index contributed by atoms with van der Waals surface area (Å²) in [5.74, 6) is -3.04. The van der Waals surface area contributed by atoms with Gasteiger partial charge in [-0.15, -0.1) is 10.2 Å². The molecule has 26 nitrogen and oxygen atoms in total. The van der Waals surface area contributed by atoms with Gasteiger partial charge in [0.25, 0.3) is 23.0 Å². The maximum atomic E-state index is 13.4. The first-order valence-corrected chi connectivity index (χ1v) is 15.6. The van der Waals surface area contributed by atoms with E-state index in [4.69, 9.17) is 4.74 Å². The zero-order valence-electron chi connectivity index (χ0n) is 26.4. The van der Waals surface area contributed by atoms with Gasteiger partial charge in [-0.3, -0.25) is 45.3 Å². The highest BCUT2D eigenvalue weighted by Gasteiger charge is 2.30. The number of amides is 1. The first-order valence-electron chi connectivity index (χ1n) is 13.9. The molecule has 5 rings (SSSR count). The van der Waals surface area contributed by atoms with E-state index in [9.17, 15) is 55.2 Å². The van der Waals surface area contributed by atoms with Crippen molar-refractivity contribution in [3.8, 4) is 5.75 Å². The second-order valence-corrected chi connectivity index (χ2v) is 12.1. The van der Waals surface area contributed by atoms with Gasteiger partial charge in [0.05, 0.1) is 47.2 Å². The Bertz CT molecular complexity index is 2330. The molecule has 0 unspecified atom stereocenters. The number of aryl methyl sites for hydroxylation is 2. The number of carbonyl (C=O) groups is 2. The second kappa shape index (κ2) is 15.3. The summed E-state index contributed by atoms with van der Waals surface area (Å²) in [5, 5.41) is 83.5. The average Bonchev–Trinajstić information content (AvgIpc) is 3.70. The van der Waals surface area contributed by atoms with Crippen molar-refractivity contribution in [2.24, 2.45) is 14.1 Å². The number of aromatic nitrogens is 8. The molecule has 5 aromatic rings. The Morgan fingerprint density at radius 3 is 1.74 bits per heavy atom. The van der Waals surface area contributed by atoms with Crippen LogP contribution in [0.4, 0.5) is 34.1 Å². The molecule has 0 saturated heterocycles. The summed E-state index contributed by atoms with van der Waals surface area (Å²) in [6.45, 7) is -0.587. The fourth-order valence-corrected chi connectivity index (χ4v) is 5.97. The summed E-state index contributed by atoms with van der Waals surface area (Å²) in [5.41, 5.74) is -4.34. The number of aromatic carboxylic acids is 1. The number of anilines is 2. The van der Waals surface area contributed by atoms with Crippen molar-refractivity contribution in [3.05, 3.63) is 94.0 Å². The Morgan fingerprint density at radius 1 is 0.736 bits per heavy atom. The van der Waals surface area contributed by atoms with Crippen molar-refractivity contribution < 1.29 is 39.1 Å². The normalized spacial score (nSPS) is 10.8. The number of carbonyl (C=O) groups excluding carboxylic acids is 1. The van der Waals surface area contributed by atoms with Gasteiger partial charge in [0.1, 0.15) is 5.56 Å². The predicted molar refractivity (Wildman–Crippen MR) is 176 cm³/mol. The third kappa shape index (κ3) is 8.34. The summed E-state index contributed by atoms with van der Waals surface area (Å²) in [6, 6.07) is 6.50. The van der Waals surface area contributed by atoms with Crippen LogP contribution in [0.1, 0.15) is 20.7 Å². The number of hydrogen-bond acceptors (Lipinski definition) is 20. The highest BCUT2D eigenvalue weighted by atomic mass is 32.2. The highest BCUT2D eigenvalue weighted by molar-refractivity contribution is 7.99. The minimum atomic E-state index is -1.46. The van der Waals surface area contributed by atoms with Gasteiger partial charge in [0.15, 0.2) is 6.73 Å². The number of nitro groups is 4. The quantitative estimate of drug-likeness (QED) is 0.0781. The molecule has 0 spiro atoms. The van der Waals surface area contributed by atoms with Gasteiger partial charge in [0.2, 0.25) is 16.1 Å². The Balaban J connectivity index is 1.42. The van der Waals surface area contributed by atoms with Crippen LogP contribution in [0.2, 0.25) is 0 Å². The number of tetrazole rings is 2. The molecule has 0 aliphatic heterocycles. The minimum absolute atomic E-state index is 0.0336. The van der Waals surface area contributed by atoms with Crippen LogP contribution in [0.25, 0.3) is 0 Å². The van der Waals surface area contributed by atoms with Gasteiger partial charge in [-0.1, -0.05) is 0 Å². The third-order valence-electron chi connectivity index (χ3n) is 6.66. The highest BCUT2D eigenvalue weighted by Crippen LogP contribution is 2.42. The Hall–Kier alpha value is -7.36. The first kappa shape index (κ1) is 36.9. The lowest BCUT2D eigenvalue weighted by Gasteiger charge is -2.13. The van der Waals surface area contributed by atoms with Crippen LogP contribution in [0, 0.1) is 40.5 Å². The van der Waals surface area contributed by atoms with Crippen molar-refractivity contribution in [3.63, 3.8) is 0 Å². The number of nitro benzene ring substituents is 4. The summed E-state index contributed by atoms with van der Waals surface area (Å²) >= 11 is 1.38. The van der Waals surface area contributed by atoms with E-state index in [1.54, 1.807) is 0 Å². The number of hydrogen-bond donors (Lipinski definition) is 3. The maximum Gasteiger partial charge on any atom is 0.335 e. The molecule has 3 N–H and O–H groups in total. The second-order valence-electron chi connectivity index (χ2n) is 10.1. The Morgan fingerprint density at radius 2 is 1.25 bits per heavy atom. The van der Waals surface area contributed by atoms with E-state index in [1.807, 2.05) is 0 Å². The van der Waals surface area contributed by atoms with Crippen LogP contribution in [-0.4, -0.2) is 83.8 Å². The van der Waals surface area contributed by atoms with Gasteiger partial charge in [-0.05, 0) is 68.6 Å². The van der Waals surface area contributed by atoms with Crippen LogP contribution in [0.5, 0.6) is 5.75 Å². The molecule has 0 aliphatic carbocycles. The number of nitrogens with zero attached hydrogens (tertiary/aromatic N) is 12. The SMILES string of the molecule is Cn1nnnc1Sc1cc(OCNc2cc(NC(=O)c3cc(Sc4nnnn4C)c([N+](=O)[O-])cc3[N+](=O)[O-])cc(C(=O)O)c2)c([N+](=O)[O-])cc1[N+](=O)[O-]. The van der Waals surface area contributed by atoms with Gasteiger partial charge >= 0.3 is 11.7 Å². The molecular formula is C25H18N14O12S2. The molecule has 0 fully saturated rings. The minimum Gasteiger partial charge on any atom is -0.478 e. The molecule has 28 heteroatoms. The molecule has 0 radical (unpaired) electrons. The van der Waals surface area contributed by atoms with Crippen LogP contribution in [-0.2, 0) is 14.1 Å². The van der Waals surface area contributed by atoms with Gasteiger partial charge in [0, 0.05) is 31.5 Å². The lowest BCUT2D eigenvalue weighted by molar-refractivity contribution is -0.396. The molecule has 3 aromatic carbocycles. The van der Waals surface area contributed by atoms with Crippen LogP contribution in [0.3, 0.4) is 0 Å². The number of benzene rings is 3. The summed E-state index contributed by atoms with van der Waals surface area (Å²) < 4.78 is 7.90. The third-order valence-corrected chi connectivity index (χ3v) is 8.81. The Labute approximate surface area is 300 Å². The van der Waals surface area contributed by atoms with E-state index in [-0.39, 0.29) is 31.5 Å². The largest absolute Gasteiger partial charge is 0.478 e. The Kier molecular flexibility index (Phi) is 10.6. The molecule has 53 heavy (non-hydrogen) atoms. The number of ether oxygens (including phenoxy) is 1. The predicted octanol–water partition coefficient (Wildman–Crippen LogP) is 3.07. The van der Waals surface area contributed by atoms with E-state index in [2.05, 4.69) is 41.7 Å². The lowest BCUT2D eigenvalue weighted by Crippen LogP contribution is -2.16. The lowest BCUT2D eigenvalue weighted by atomic mass is 10.1. The van der Waals surface area contributed by atoms with Crippen molar-refractivity contribution >= 4 is 69.5 Å². The van der Waals surface area contributed by atoms with E-state index in [0.717, 1.165) is 36.0 Å².